The Kier molecular flexibility index (Phi) is 4.29. The Morgan fingerprint density at radius 2 is 1.25 bits per heavy atom. The second kappa shape index (κ2) is 5.80. The molecule has 1 unspecified atom stereocenters. The van der Waals surface area contributed by atoms with E-state index in [-0.39, 0.29) is 6.04 Å². The molecule has 0 saturated heterocycles. The topological polar surface area (TPSA) is 26.0 Å². The van der Waals surface area contributed by atoms with Gasteiger partial charge in [0.1, 0.15) is 0 Å². The van der Waals surface area contributed by atoms with Crippen LogP contribution in [0.4, 0.5) is 0 Å². The van der Waals surface area contributed by atoms with Crippen LogP contribution < -0.4 is 5.73 Å². The summed E-state index contributed by atoms with van der Waals surface area (Å²) in [6.45, 7) is 10.9. The van der Waals surface area contributed by atoms with E-state index < -0.39 is 0 Å². The molecule has 1 atom stereocenters. The Hall–Kier alpha value is -1.60. The third-order valence-corrected chi connectivity index (χ3v) is 4.18. The highest BCUT2D eigenvalue weighted by Crippen LogP contribution is 2.26. The van der Waals surface area contributed by atoms with Gasteiger partial charge in [0, 0.05) is 0 Å². The van der Waals surface area contributed by atoms with Crippen LogP contribution in [0.1, 0.15) is 59.2 Å². The second-order valence-electron chi connectivity index (χ2n) is 6.09. The van der Waals surface area contributed by atoms with Crippen molar-refractivity contribution in [3.05, 3.63) is 69.8 Å². The third kappa shape index (κ3) is 2.94. The van der Waals surface area contributed by atoms with Crippen molar-refractivity contribution < 1.29 is 0 Å². The van der Waals surface area contributed by atoms with E-state index in [0.29, 0.717) is 5.92 Å². The van der Waals surface area contributed by atoms with Crippen LogP contribution in [-0.4, -0.2) is 0 Å². The van der Waals surface area contributed by atoms with E-state index in [1.54, 1.807) is 0 Å². The first kappa shape index (κ1) is 14.8. The summed E-state index contributed by atoms with van der Waals surface area (Å²) >= 11 is 0. The molecule has 0 heterocycles. The molecule has 2 rings (SSSR count). The maximum atomic E-state index is 6.46. The van der Waals surface area contributed by atoms with Crippen LogP contribution in [-0.2, 0) is 0 Å². The first-order chi connectivity index (χ1) is 9.40. The Labute approximate surface area is 122 Å². The van der Waals surface area contributed by atoms with Crippen molar-refractivity contribution in [3.8, 4) is 0 Å². The van der Waals surface area contributed by atoms with E-state index in [4.69, 9.17) is 5.73 Å². The van der Waals surface area contributed by atoms with Crippen LogP contribution in [0.2, 0.25) is 0 Å². The molecule has 0 spiro atoms. The Balaban J connectivity index is 2.36. The van der Waals surface area contributed by atoms with Gasteiger partial charge in [-0.1, -0.05) is 50.2 Å². The summed E-state index contributed by atoms with van der Waals surface area (Å²) in [7, 11) is 0. The average Bonchev–Trinajstić information content (AvgIpc) is 2.42. The van der Waals surface area contributed by atoms with Crippen molar-refractivity contribution in [2.75, 3.05) is 0 Å². The molecular formula is C19H25N. The lowest BCUT2D eigenvalue weighted by molar-refractivity contribution is 0.841. The van der Waals surface area contributed by atoms with Gasteiger partial charge in [-0.3, -0.25) is 0 Å². The molecule has 0 aliphatic heterocycles. The highest BCUT2D eigenvalue weighted by Gasteiger charge is 2.13. The van der Waals surface area contributed by atoms with Gasteiger partial charge in [0.25, 0.3) is 0 Å². The van der Waals surface area contributed by atoms with Gasteiger partial charge >= 0.3 is 0 Å². The number of hydrogen-bond donors (Lipinski definition) is 1. The van der Waals surface area contributed by atoms with Gasteiger partial charge in [0.05, 0.1) is 6.04 Å². The predicted molar refractivity (Wildman–Crippen MR) is 87.2 cm³/mol. The molecule has 0 bridgehead atoms. The van der Waals surface area contributed by atoms with Gasteiger partial charge in [-0.05, 0) is 60.1 Å². The van der Waals surface area contributed by atoms with Gasteiger partial charge in [0.15, 0.2) is 0 Å². The maximum Gasteiger partial charge on any atom is 0.0554 e. The lowest BCUT2D eigenvalue weighted by Crippen LogP contribution is -2.14. The number of nitrogens with two attached hydrogens (primary N) is 1. The van der Waals surface area contributed by atoms with Gasteiger partial charge in [-0.2, -0.15) is 0 Å². The van der Waals surface area contributed by atoms with Gasteiger partial charge in [0.2, 0.25) is 0 Å². The summed E-state index contributed by atoms with van der Waals surface area (Å²) in [6.07, 6.45) is 0. The normalized spacial score (nSPS) is 12.8. The molecule has 2 N–H and O–H groups in total. The molecule has 20 heavy (non-hydrogen) atoms. The molecule has 0 amide bonds. The lowest BCUT2D eigenvalue weighted by Gasteiger charge is -2.18. The van der Waals surface area contributed by atoms with Crippen LogP contribution >= 0.6 is 0 Å². The average molecular weight is 267 g/mol. The third-order valence-electron chi connectivity index (χ3n) is 4.18. The van der Waals surface area contributed by atoms with Crippen molar-refractivity contribution in [2.24, 2.45) is 5.73 Å². The van der Waals surface area contributed by atoms with Crippen LogP contribution in [0.25, 0.3) is 0 Å². The Morgan fingerprint density at radius 3 is 1.80 bits per heavy atom. The molecule has 1 heteroatoms. The van der Waals surface area contributed by atoms with Crippen LogP contribution in [0, 0.1) is 20.8 Å². The minimum atomic E-state index is -0.0458. The number of benzene rings is 2. The van der Waals surface area contributed by atoms with Crippen molar-refractivity contribution >= 4 is 0 Å². The van der Waals surface area contributed by atoms with E-state index in [9.17, 15) is 0 Å². The summed E-state index contributed by atoms with van der Waals surface area (Å²) in [4.78, 5) is 0. The zero-order valence-electron chi connectivity index (χ0n) is 13.2. The summed E-state index contributed by atoms with van der Waals surface area (Å²) in [5.74, 6) is 0.559. The summed E-state index contributed by atoms with van der Waals surface area (Å²) in [5.41, 5.74) is 14.1. The zero-order valence-corrected chi connectivity index (χ0v) is 13.2. The maximum absolute atomic E-state index is 6.46. The lowest BCUT2D eigenvalue weighted by atomic mass is 9.91. The Bertz CT molecular complexity index is 594. The highest BCUT2D eigenvalue weighted by molar-refractivity contribution is 5.42. The molecular weight excluding hydrogens is 242 g/mol. The van der Waals surface area contributed by atoms with Gasteiger partial charge < -0.3 is 5.73 Å². The van der Waals surface area contributed by atoms with Gasteiger partial charge in [-0.15, -0.1) is 0 Å². The molecule has 2 aromatic rings. The standard InChI is InChI=1S/C19H25N/c1-12(2)16-6-8-17(9-7-16)19(20)18-11-14(4)13(3)10-15(18)5/h6-12,19H,20H2,1-5H3. The molecule has 2 aromatic carbocycles. The van der Waals surface area contributed by atoms with E-state index in [1.807, 2.05) is 0 Å². The minimum Gasteiger partial charge on any atom is -0.320 e. The second-order valence-corrected chi connectivity index (χ2v) is 6.09. The fourth-order valence-corrected chi connectivity index (χ4v) is 2.59. The quantitative estimate of drug-likeness (QED) is 0.850. The van der Waals surface area contributed by atoms with Crippen LogP contribution in [0.5, 0.6) is 0 Å². The molecule has 0 aromatic heterocycles. The van der Waals surface area contributed by atoms with E-state index in [1.165, 1.54) is 33.4 Å². The van der Waals surface area contributed by atoms with Crippen LogP contribution in [0.3, 0.4) is 0 Å². The summed E-state index contributed by atoms with van der Waals surface area (Å²) in [6, 6.07) is 13.1. The van der Waals surface area contributed by atoms with Crippen molar-refractivity contribution in [3.63, 3.8) is 0 Å². The minimum absolute atomic E-state index is 0.0458. The van der Waals surface area contributed by atoms with E-state index in [2.05, 4.69) is 71.0 Å². The van der Waals surface area contributed by atoms with Crippen molar-refractivity contribution in [1.82, 2.24) is 0 Å². The van der Waals surface area contributed by atoms with Crippen molar-refractivity contribution in [1.29, 1.82) is 0 Å². The molecule has 0 aliphatic rings. The van der Waals surface area contributed by atoms with Crippen LogP contribution in [0.15, 0.2) is 36.4 Å². The first-order valence-corrected chi connectivity index (χ1v) is 7.33. The molecule has 0 radical (unpaired) electrons. The zero-order chi connectivity index (χ0) is 14.9. The number of hydrogen-bond acceptors (Lipinski definition) is 1. The van der Waals surface area contributed by atoms with Crippen molar-refractivity contribution in [2.45, 2.75) is 46.6 Å². The molecule has 0 fully saturated rings. The fourth-order valence-electron chi connectivity index (χ4n) is 2.59. The monoisotopic (exact) mass is 267 g/mol. The first-order valence-electron chi connectivity index (χ1n) is 7.33. The molecule has 0 aliphatic carbocycles. The summed E-state index contributed by atoms with van der Waals surface area (Å²) < 4.78 is 0. The molecule has 1 nitrogen and oxygen atoms in total. The fraction of sp³-hybridized carbons (Fsp3) is 0.368. The smallest absolute Gasteiger partial charge is 0.0554 e. The number of aryl methyl sites for hydroxylation is 3. The summed E-state index contributed by atoms with van der Waals surface area (Å²) in [5, 5.41) is 0. The van der Waals surface area contributed by atoms with E-state index in [0.717, 1.165) is 0 Å². The molecule has 0 saturated carbocycles. The van der Waals surface area contributed by atoms with E-state index >= 15 is 0 Å². The largest absolute Gasteiger partial charge is 0.320 e. The van der Waals surface area contributed by atoms with Gasteiger partial charge in [-0.25, -0.2) is 0 Å². The highest BCUT2D eigenvalue weighted by atomic mass is 14.6. The molecule has 106 valence electrons. The SMILES string of the molecule is Cc1cc(C)c(C(N)c2ccc(C(C)C)cc2)cc1C. The predicted octanol–water partition coefficient (Wildman–Crippen LogP) is 4.78. The Morgan fingerprint density at radius 1 is 0.750 bits per heavy atom. The number of rotatable bonds is 3.